The molecule has 1 N–H and O–H groups in total. The number of hydrogen-bond acceptors (Lipinski definition) is 4. The van der Waals surface area contributed by atoms with Crippen molar-refractivity contribution in [1.82, 2.24) is 10.3 Å². The van der Waals surface area contributed by atoms with Gasteiger partial charge in [-0.2, -0.15) is 11.8 Å². The SMILES string of the molecule is CCNCc1cnc(C)cc1N1CCSC(C)(C)CC1. The molecule has 112 valence electrons. The summed E-state index contributed by atoms with van der Waals surface area (Å²) < 4.78 is 0.401. The molecule has 0 spiro atoms. The van der Waals surface area contributed by atoms with E-state index in [1.807, 2.05) is 6.20 Å². The average Bonchev–Trinajstić information content (AvgIpc) is 2.58. The van der Waals surface area contributed by atoms with Crippen LogP contribution in [0.5, 0.6) is 0 Å². The van der Waals surface area contributed by atoms with Gasteiger partial charge in [-0.1, -0.05) is 20.8 Å². The monoisotopic (exact) mass is 293 g/mol. The topological polar surface area (TPSA) is 28.2 Å². The van der Waals surface area contributed by atoms with Gasteiger partial charge in [0.25, 0.3) is 0 Å². The average molecular weight is 293 g/mol. The van der Waals surface area contributed by atoms with Crippen molar-refractivity contribution in [3.8, 4) is 0 Å². The zero-order valence-electron chi connectivity index (χ0n) is 13.2. The molecule has 0 amide bonds. The van der Waals surface area contributed by atoms with Crippen LogP contribution in [0.1, 0.15) is 38.4 Å². The quantitative estimate of drug-likeness (QED) is 0.922. The van der Waals surface area contributed by atoms with Gasteiger partial charge in [-0.05, 0) is 26.0 Å². The van der Waals surface area contributed by atoms with Gasteiger partial charge in [-0.25, -0.2) is 0 Å². The Balaban J connectivity index is 2.19. The lowest BCUT2D eigenvalue weighted by Crippen LogP contribution is -2.29. The summed E-state index contributed by atoms with van der Waals surface area (Å²) in [5.41, 5.74) is 3.80. The predicted octanol–water partition coefficient (Wildman–Crippen LogP) is 3.22. The van der Waals surface area contributed by atoms with Crippen LogP contribution in [0.3, 0.4) is 0 Å². The zero-order chi connectivity index (χ0) is 14.6. The summed E-state index contributed by atoms with van der Waals surface area (Å²) in [4.78, 5) is 7.01. The maximum Gasteiger partial charge on any atom is 0.0445 e. The smallest absolute Gasteiger partial charge is 0.0445 e. The van der Waals surface area contributed by atoms with E-state index in [0.29, 0.717) is 4.75 Å². The first kappa shape index (κ1) is 15.6. The lowest BCUT2D eigenvalue weighted by Gasteiger charge is -2.26. The number of rotatable bonds is 4. The third kappa shape index (κ3) is 4.13. The molecular formula is C16H27N3S. The van der Waals surface area contributed by atoms with Gasteiger partial charge in [0.15, 0.2) is 0 Å². The second kappa shape index (κ2) is 6.81. The second-order valence-electron chi connectivity index (χ2n) is 6.08. The summed E-state index contributed by atoms with van der Waals surface area (Å²) in [7, 11) is 0. The number of hydrogen-bond donors (Lipinski definition) is 1. The molecule has 0 unspecified atom stereocenters. The van der Waals surface area contributed by atoms with Gasteiger partial charge in [0.1, 0.15) is 0 Å². The van der Waals surface area contributed by atoms with Crippen molar-refractivity contribution in [2.45, 2.75) is 45.4 Å². The van der Waals surface area contributed by atoms with Crippen molar-refractivity contribution in [3.63, 3.8) is 0 Å². The van der Waals surface area contributed by atoms with Crippen molar-refractivity contribution in [3.05, 3.63) is 23.5 Å². The fourth-order valence-corrected chi connectivity index (χ4v) is 3.63. The van der Waals surface area contributed by atoms with E-state index in [-0.39, 0.29) is 0 Å². The molecule has 1 aromatic heterocycles. The van der Waals surface area contributed by atoms with E-state index in [4.69, 9.17) is 0 Å². The zero-order valence-corrected chi connectivity index (χ0v) is 14.0. The molecule has 2 rings (SSSR count). The number of pyridine rings is 1. The van der Waals surface area contributed by atoms with Crippen LogP contribution < -0.4 is 10.2 Å². The predicted molar refractivity (Wildman–Crippen MR) is 89.7 cm³/mol. The molecule has 3 nitrogen and oxygen atoms in total. The first-order chi connectivity index (χ1) is 9.52. The molecule has 1 fully saturated rings. The fraction of sp³-hybridized carbons (Fsp3) is 0.688. The summed E-state index contributed by atoms with van der Waals surface area (Å²) in [5.74, 6) is 1.20. The largest absolute Gasteiger partial charge is 0.370 e. The van der Waals surface area contributed by atoms with Gasteiger partial charge < -0.3 is 10.2 Å². The molecule has 0 atom stereocenters. The maximum absolute atomic E-state index is 4.47. The summed E-state index contributed by atoms with van der Waals surface area (Å²) in [6.07, 6.45) is 3.27. The highest BCUT2D eigenvalue weighted by Gasteiger charge is 2.24. The van der Waals surface area contributed by atoms with Crippen LogP contribution in [0.2, 0.25) is 0 Å². The van der Waals surface area contributed by atoms with Gasteiger partial charge in [-0.3, -0.25) is 4.98 Å². The lowest BCUT2D eigenvalue weighted by molar-refractivity contribution is 0.634. The van der Waals surface area contributed by atoms with E-state index in [1.54, 1.807) is 0 Å². The number of aryl methyl sites for hydroxylation is 1. The normalized spacial score (nSPS) is 18.9. The number of nitrogens with one attached hydrogen (secondary N) is 1. The Morgan fingerprint density at radius 1 is 1.40 bits per heavy atom. The Morgan fingerprint density at radius 3 is 2.95 bits per heavy atom. The Bertz CT molecular complexity index is 445. The number of thioether (sulfide) groups is 1. The third-order valence-corrected chi connectivity index (χ3v) is 5.21. The van der Waals surface area contributed by atoms with Crippen molar-refractivity contribution in [1.29, 1.82) is 0 Å². The van der Waals surface area contributed by atoms with Gasteiger partial charge in [0, 0.05) is 53.3 Å². The van der Waals surface area contributed by atoms with Crippen LogP contribution in [-0.4, -0.2) is 35.1 Å². The molecule has 1 aliphatic heterocycles. The van der Waals surface area contributed by atoms with Gasteiger partial charge in [0.05, 0.1) is 0 Å². The fourth-order valence-electron chi connectivity index (χ4n) is 2.53. The molecule has 4 heteroatoms. The summed E-state index contributed by atoms with van der Waals surface area (Å²) in [6, 6.07) is 2.25. The minimum Gasteiger partial charge on any atom is -0.370 e. The van der Waals surface area contributed by atoms with Gasteiger partial charge >= 0.3 is 0 Å². The first-order valence-electron chi connectivity index (χ1n) is 7.57. The molecule has 0 aliphatic carbocycles. The summed E-state index contributed by atoms with van der Waals surface area (Å²) in [6.45, 7) is 13.1. The first-order valence-corrected chi connectivity index (χ1v) is 8.55. The molecular weight excluding hydrogens is 266 g/mol. The summed E-state index contributed by atoms with van der Waals surface area (Å²) in [5, 5.41) is 3.42. The molecule has 0 aromatic carbocycles. The Kier molecular flexibility index (Phi) is 5.33. The van der Waals surface area contributed by atoms with E-state index in [1.165, 1.54) is 23.4 Å². The van der Waals surface area contributed by atoms with Crippen LogP contribution in [0.4, 0.5) is 5.69 Å². The van der Waals surface area contributed by atoms with Crippen LogP contribution in [-0.2, 0) is 6.54 Å². The number of aromatic nitrogens is 1. The van der Waals surface area contributed by atoms with Gasteiger partial charge in [-0.15, -0.1) is 0 Å². The molecule has 1 saturated heterocycles. The van der Waals surface area contributed by atoms with Crippen molar-refractivity contribution >= 4 is 17.4 Å². The highest BCUT2D eigenvalue weighted by molar-refractivity contribution is 8.00. The van der Waals surface area contributed by atoms with E-state index in [2.05, 4.69) is 60.7 Å². The molecule has 0 saturated carbocycles. The highest BCUT2D eigenvalue weighted by Crippen LogP contribution is 2.33. The van der Waals surface area contributed by atoms with Crippen molar-refractivity contribution in [2.24, 2.45) is 0 Å². The second-order valence-corrected chi connectivity index (χ2v) is 7.88. The maximum atomic E-state index is 4.47. The van der Waals surface area contributed by atoms with E-state index >= 15 is 0 Å². The van der Waals surface area contributed by atoms with Crippen LogP contribution >= 0.6 is 11.8 Å². The highest BCUT2D eigenvalue weighted by atomic mass is 32.2. The lowest BCUT2D eigenvalue weighted by atomic mass is 10.1. The van der Waals surface area contributed by atoms with Crippen LogP contribution in [0.25, 0.3) is 0 Å². The molecule has 0 bridgehead atoms. The Morgan fingerprint density at radius 2 is 2.20 bits per heavy atom. The van der Waals surface area contributed by atoms with E-state index in [9.17, 15) is 0 Å². The Hall–Kier alpha value is -0.740. The van der Waals surface area contributed by atoms with E-state index in [0.717, 1.165) is 31.9 Å². The molecule has 2 heterocycles. The minimum atomic E-state index is 0.401. The third-order valence-electron chi connectivity index (χ3n) is 3.84. The molecule has 20 heavy (non-hydrogen) atoms. The molecule has 1 aliphatic rings. The number of anilines is 1. The summed E-state index contributed by atoms with van der Waals surface area (Å²) >= 11 is 2.09. The minimum absolute atomic E-state index is 0.401. The van der Waals surface area contributed by atoms with Crippen LogP contribution in [0, 0.1) is 6.92 Å². The molecule has 1 aromatic rings. The van der Waals surface area contributed by atoms with E-state index < -0.39 is 0 Å². The Labute approximate surface area is 127 Å². The number of nitrogens with zero attached hydrogens (tertiary/aromatic N) is 2. The van der Waals surface area contributed by atoms with Crippen LogP contribution in [0.15, 0.2) is 12.3 Å². The van der Waals surface area contributed by atoms with Gasteiger partial charge in [0.2, 0.25) is 0 Å². The van der Waals surface area contributed by atoms with Crippen molar-refractivity contribution in [2.75, 3.05) is 30.3 Å². The van der Waals surface area contributed by atoms with Crippen molar-refractivity contribution < 1.29 is 0 Å². The molecule has 0 radical (unpaired) electrons. The standard InChI is InChI=1S/C16H27N3S/c1-5-17-11-14-12-18-13(2)10-15(14)19-7-6-16(3,4)20-9-8-19/h10,12,17H,5-9,11H2,1-4H3.